The van der Waals surface area contributed by atoms with Gasteiger partial charge in [0.2, 0.25) is 0 Å². The molecule has 0 aliphatic carbocycles. The number of anilines is 1. The second-order valence-corrected chi connectivity index (χ2v) is 5.70. The molecule has 2 N–H and O–H groups in total. The summed E-state index contributed by atoms with van der Waals surface area (Å²) in [7, 11) is 1.30. The van der Waals surface area contributed by atoms with Gasteiger partial charge in [0.05, 0.1) is 18.1 Å². The first kappa shape index (κ1) is 17.0. The summed E-state index contributed by atoms with van der Waals surface area (Å²) in [5.41, 5.74) is 1.99. The Morgan fingerprint density at radius 2 is 2.00 bits per heavy atom. The van der Waals surface area contributed by atoms with Crippen LogP contribution in [0, 0.1) is 0 Å². The number of esters is 1. The number of methoxy groups -OCH3 is 1. The minimum absolute atomic E-state index is 0.460. The number of amides is 2. The molecular formula is C15H18N4O3S. The summed E-state index contributed by atoms with van der Waals surface area (Å²) in [6, 6.07) is 4.07. The Labute approximate surface area is 138 Å². The normalized spacial score (nSPS) is 11.7. The highest BCUT2D eigenvalue weighted by Gasteiger charge is 2.21. The Morgan fingerprint density at radius 1 is 1.26 bits per heavy atom. The number of carbonyl (C=O) groups is 2. The molecule has 1 aromatic carbocycles. The van der Waals surface area contributed by atoms with Crippen LogP contribution in [-0.4, -0.2) is 47.1 Å². The Kier molecular flexibility index (Phi) is 6.16. The molecule has 0 bridgehead atoms. The highest BCUT2D eigenvalue weighted by atomic mass is 32.2. The lowest BCUT2D eigenvalue weighted by Crippen LogP contribution is -2.44. The summed E-state index contributed by atoms with van der Waals surface area (Å²) < 4.78 is 4.71. The van der Waals surface area contributed by atoms with Crippen LogP contribution in [0.1, 0.15) is 6.42 Å². The smallest absolute Gasteiger partial charge is 0.328 e. The molecule has 1 aromatic heterocycles. The molecule has 7 nitrogen and oxygen atoms in total. The van der Waals surface area contributed by atoms with Crippen molar-refractivity contribution in [2.75, 3.05) is 24.4 Å². The number of hydrogen-bond donors (Lipinski definition) is 2. The lowest BCUT2D eigenvalue weighted by atomic mass is 10.2. The summed E-state index contributed by atoms with van der Waals surface area (Å²) in [6.45, 7) is 0. The van der Waals surface area contributed by atoms with Crippen LogP contribution < -0.4 is 10.6 Å². The number of thioether (sulfide) groups is 1. The summed E-state index contributed by atoms with van der Waals surface area (Å²) in [5.74, 6) is 0.282. The molecule has 1 unspecified atom stereocenters. The van der Waals surface area contributed by atoms with E-state index in [4.69, 9.17) is 4.74 Å². The van der Waals surface area contributed by atoms with E-state index in [2.05, 4.69) is 20.6 Å². The zero-order chi connectivity index (χ0) is 16.7. The van der Waals surface area contributed by atoms with E-state index in [0.717, 1.165) is 11.3 Å². The molecule has 122 valence electrons. The van der Waals surface area contributed by atoms with Gasteiger partial charge in [-0.1, -0.05) is 0 Å². The number of urea groups is 1. The first-order chi connectivity index (χ1) is 11.1. The maximum atomic E-state index is 12.1. The van der Waals surface area contributed by atoms with Crippen molar-refractivity contribution in [1.29, 1.82) is 0 Å². The van der Waals surface area contributed by atoms with Gasteiger partial charge in [-0.2, -0.15) is 11.8 Å². The fourth-order valence-corrected chi connectivity index (χ4v) is 2.46. The number of fused-ring (bicyclic) bond motifs is 1. The molecule has 0 saturated heterocycles. The van der Waals surface area contributed by atoms with Gasteiger partial charge in [-0.25, -0.2) is 9.59 Å². The van der Waals surface area contributed by atoms with Crippen molar-refractivity contribution in [2.24, 2.45) is 0 Å². The average Bonchev–Trinajstić information content (AvgIpc) is 2.57. The van der Waals surface area contributed by atoms with Crippen LogP contribution in [0.4, 0.5) is 10.5 Å². The third kappa shape index (κ3) is 4.82. The number of nitrogens with one attached hydrogen (secondary N) is 2. The molecule has 2 aromatic rings. The predicted octanol–water partition coefficient (Wildman–Crippen LogP) is 2.05. The Morgan fingerprint density at radius 3 is 2.70 bits per heavy atom. The monoisotopic (exact) mass is 334 g/mol. The minimum Gasteiger partial charge on any atom is -0.467 e. The second kappa shape index (κ2) is 8.33. The first-order valence-electron chi connectivity index (χ1n) is 6.99. The molecular weight excluding hydrogens is 316 g/mol. The van der Waals surface area contributed by atoms with Gasteiger partial charge in [0.15, 0.2) is 0 Å². The average molecular weight is 334 g/mol. The lowest BCUT2D eigenvalue weighted by molar-refractivity contribution is -0.142. The zero-order valence-corrected chi connectivity index (χ0v) is 13.7. The summed E-state index contributed by atoms with van der Waals surface area (Å²) in [6.07, 6.45) is 5.63. The van der Waals surface area contributed by atoms with E-state index in [9.17, 15) is 9.59 Å². The topological polar surface area (TPSA) is 93.2 Å². The Bertz CT molecular complexity index is 695. The van der Waals surface area contributed by atoms with E-state index in [1.54, 1.807) is 42.4 Å². The first-order valence-corrected chi connectivity index (χ1v) is 8.38. The van der Waals surface area contributed by atoms with Gasteiger partial charge in [-0.15, -0.1) is 0 Å². The van der Waals surface area contributed by atoms with E-state index in [1.807, 2.05) is 6.26 Å². The molecule has 0 fully saturated rings. The second-order valence-electron chi connectivity index (χ2n) is 4.72. The van der Waals surface area contributed by atoms with Crippen LogP contribution in [0.25, 0.3) is 11.0 Å². The van der Waals surface area contributed by atoms with E-state index in [0.29, 0.717) is 17.6 Å². The molecule has 2 amide bonds. The van der Waals surface area contributed by atoms with Crippen molar-refractivity contribution in [3.63, 3.8) is 0 Å². The van der Waals surface area contributed by atoms with Gasteiger partial charge < -0.3 is 15.4 Å². The quantitative estimate of drug-likeness (QED) is 0.785. The molecule has 2 rings (SSSR count). The van der Waals surface area contributed by atoms with E-state index in [-0.39, 0.29) is 0 Å². The highest BCUT2D eigenvalue weighted by molar-refractivity contribution is 7.98. The number of hydrogen-bond acceptors (Lipinski definition) is 6. The van der Waals surface area contributed by atoms with E-state index < -0.39 is 18.0 Å². The third-order valence-corrected chi connectivity index (χ3v) is 3.77. The standard InChI is InChI=1S/C15H18N4O3S/c1-22-14(20)12(5-8-23-2)19-15(21)18-10-3-4-11-13(9-10)17-7-6-16-11/h3-4,6-7,9,12H,5,8H2,1-2H3,(H2,18,19,21). The van der Waals surface area contributed by atoms with Crippen LogP contribution in [0.2, 0.25) is 0 Å². The largest absolute Gasteiger partial charge is 0.467 e. The molecule has 8 heteroatoms. The summed E-state index contributed by atoms with van der Waals surface area (Å²) in [5, 5.41) is 5.31. The SMILES string of the molecule is COC(=O)C(CCSC)NC(=O)Nc1ccc2nccnc2c1. The van der Waals surface area contributed by atoms with Gasteiger partial charge >= 0.3 is 12.0 Å². The van der Waals surface area contributed by atoms with Crippen molar-refractivity contribution in [2.45, 2.75) is 12.5 Å². The van der Waals surface area contributed by atoms with Gasteiger partial charge in [-0.3, -0.25) is 9.97 Å². The Balaban J connectivity index is 2.02. The van der Waals surface area contributed by atoms with Gasteiger partial charge in [0.1, 0.15) is 6.04 Å². The van der Waals surface area contributed by atoms with Gasteiger partial charge in [0.25, 0.3) is 0 Å². The molecule has 0 aliphatic rings. The molecule has 1 heterocycles. The summed E-state index contributed by atoms with van der Waals surface area (Å²) >= 11 is 1.60. The number of rotatable bonds is 6. The van der Waals surface area contributed by atoms with Crippen LogP contribution >= 0.6 is 11.8 Å². The lowest BCUT2D eigenvalue weighted by Gasteiger charge is -2.16. The molecule has 0 spiro atoms. The van der Waals surface area contributed by atoms with Crippen molar-refractivity contribution < 1.29 is 14.3 Å². The highest BCUT2D eigenvalue weighted by Crippen LogP contribution is 2.15. The van der Waals surface area contributed by atoms with Crippen LogP contribution in [0.3, 0.4) is 0 Å². The van der Waals surface area contributed by atoms with Crippen molar-refractivity contribution in [1.82, 2.24) is 15.3 Å². The number of carbonyl (C=O) groups excluding carboxylic acids is 2. The van der Waals surface area contributed by atoms with Crippen LogP contribution in [0.5, 0.6) is 0 Å². The third-order valence-electron chi connectivity index (χ3n) is 3.13. The molecule has 0 aliphatic heterocycles. The summed E-state index contributed by atoms with van der Waals surface area (Å²) in [4.78, 5) is 32.1. The van der Waals surface area contributed by atoms with Crippen LogP contribution in [-0.2, 0) is 9.53 Å². The predicted molar refractivity (Wildman–Crippen MR) is 90.5 cm³/mol. The number of benzene rings is 1. The van der Waals surface area contributed by atoms with Crippen molar-refractivity contribution in [3.05, 3.63) is 30.6 Å². The maximum absolute atomic E-state index is 12.1. The minimum atomic E-state index is -0.673. The molecule has 0 saturated carbocycles. The number of nitrogens with zero attached hydrogens (tertiary/aromatic N) is 2. The van der Waals surface area contributed by atoms with Crippen LogP contribution in [0.15, 0.2) is 30.6 Å². The number of ether oxygens (including phenoxy) is 1. The molecule has 1 atom stereocenters. The molecule has 23 heavy (non-hydrogen) atoms. The van der Waals surface area contributed by atoms with Crippen molar-refractivity contribution in [3.8, 4) is 0 Å². The maximum Gasteiger partial charge on any atom is 0.328 e. The zero-order valence-electron chi connectivity index (χ0n) is 12.9. The number of aromatic nitrogens is 2. The fourth-order valence-electron chi connectivity index (χ4n) is 1.99. The van der Waals surface area contributed by atoms with Gasteiger partial charge in [0, 0.05) is 18.1 Å². The molecule has 0 radical (unpaired) electrons. The van der Waals surface area contributed by atoms with Gasteiger partial charge in [-0.05, 0) is 36.6 Å². The van der Waals surface area contributed by atoms with E-state index >= 15 is 0 Å². The Hall–Kier alpha value is -2.35. The fraction of sp³-hybridized carbons (Fsp3) is 0.333. The van der Waals surface area contributed by atoms with Crippen molar-refractivity contribution >= 4 is 40.5 Å². The van der Waals surface area contributed by atoms with E-state index in [1.165, 1.54) is 7.11 Å².